The molecule has 2 atom stereocenters. The standard InChI is InChI=1S/C17H15F17O3.2C3H8O/c1-4-9(7(3)35,5-6(2)8(36)37)10(18,19)11(20,21)12(22,23)13(24,25)14(26,27)15(28,29)16(30,31)17(32,33)34;2*1-3(2)4/h5,7,35H,4H2,1-3H3,(H,36,37);2*3-4H,1-2H3. The molecule has 22 heteroatoms. The molecule has 0 aromatic rings. The zero-order valence-electron chi connectivity index (χ0n) is 24.1. The quantitative estimate of drug-likeness (QED) is 0.131. The summed E-state index contributed by atoms with van der Waals surface area (Å²) < 4.78 is 230. The maximum atomic E-state index is 14.8. The number of hydrogen-bond donors (Lipinski definition) is 4. The van der Waals surface area contributed by atoms with Crippen molar-refractivity contribution in [2.24, 2.45) is 5.41 Å². The van der Waals surface area contributed by atoms with Gasteiger partial charge in [0.1, 0.15) is 0 Å². The van der Waals surface area contributed by atoms with Gasteiger partial charge in [0.05, 0.1) is 11.5 Å². The molecule has 0 aliphatic rings. The van der Waals surface area contributed by atoms with Crippen LogP contribution in [-0.4, -0.2) is 92.3 Å². The van der Waals surface area contributed by atoms with Crippen molar-refractivity contribution in [1.29, 1.82) is 0 Å². The Morgan fingerprint density at radius 3 is 0.956 bits per heavy atom. The van der Waals surface area contributed by atoms with Gasteiger partial charge in [-0.2, -0.15) is 74.6 Å². The molecule has 0 amide bonds. The van der Waals surface area contributed by atoms with Crippen molar-refractivity contribution in [3.63, 3.8) is 0 Å². The molecule has 0 heterocycles. The Bertz CT molecular complexity index is 977. The van der Waals surface area contributed by atoms with E-state index in [1.165, 1.54) is 0 Å². The normalized spacial score (nSPS) is 16.8. The molecule has 0 aliphatic heterocycles. The number of hydrogen-bond acceptors (Lipinski definition) is 4. The molecule has 5 nitrogen and oxygen atoms in total. The van der Waals surface area contributed by atoms with Crippen LogP contribution in [0.15, 0.2) is 11.6 Å². The first-order chi connectivity index (χ1) is 19.3. The predicted molar refractivity (Wildman–Crippen MR) is 121 cm³/mol. The average Bonchev–Trinajstić information content (AvgIpc) is 2.79. The number of alkyl halides is 17. The minimum atomic E-state index is -8.78. The van der Waals surface area contributed by atoms with Crippen LogP contribution in [0, 0.1) is 5.41 Å². The number of halogens is 17. The fourth-order valence-electron chi connectivity index (χ4n) is 3.00. The molecule has 0 aliphatic carbocycles. The molecule has 2 unspecified atom stereocenters. The molecular weight excluding hydrogens is 679 g/mol. The summed E-state index contributed by atoms with van der Waals surface area (Å²) in [7, 11) is 0. The van der Waals surface area contributed by atoms with Crippen molar-refractivity contribution in [3.05, 3.63) is 11.6 Å². The van der Waals surface area contributed by atoms with Crippen LogP contribution >= 0.6 is 0 Å². The van der Waals surface area contributed by atoms with Gasteiger partial charge in [-0.25, -0.2) is 4.79 Å². The maximum Gasteiger partial charge on any atom is 0.460 e. The van der Waals surface area contributed by atoms with Crippen LogP contribution in [0.2, 0.25) is 0 Å². The molecule has 0 saturated heterocycles. The van der Waals surface area contributed by atoms with E-state index in [0.717, 1.165) is 0 Å². The van der Waals surface area contributed by atoms with E-state index in [1.54, 1.807) is 27.7 Å². The summed E-state index contributed by atoms with van der Waals surface area (Å²) >= 11 is 0. The second-order valence-electron chi connectivity index (χ2n) is 9.91. The topological polar surface area (TPSA) is 98.0 Å². The van der Waals surface area contributed by atoms with Crippen LogP contribution in [0.3, 0.4) is 0 Å². The van der Waals surface area contributed by atoms with Crippen LogP contribution in [0.5, 0.6) is 0 Å². The third-order valence-corrected chi connectivity index (χ3v) is 5.45. The third kappa shape index (κ3) is 8.63. The van der Waals surface area contributed by atoms with Crippen molar-refractivity contribution in [2.75, 3.05) is 0 Å². The van der Waals surface area contributed by atoms with Crippen LogP contribution < -0.4 is 0 Å². The molecule has 0 radical (unpaired) electrons. The molecule has 0 saturated carbocycles. The second kappa shape index (κ2) is 14.8. The van der Waals surface area contributed by atoms with Gasteiger partial charge in [-0.05, 0) is 48.0 Å². The highest BCUT2D eigenvalue weighted by molar-refractivity contribution is 5.86. The minimum absolute atomic E-state index is 0.0854. The first kappa shape index (κ1) is 47.3. The molecule has 0 aromatic heterocycles. The molecule has 0 bridgehead atoms. The molecule has 0 spiro atoms. The lowest BCUT2D eigenvalue weighted by molar-refractivity contribution is -0.466. The third-order valence-electron chi connectivity index (χ3n) is 5.45. The lowest BCUT2D eigenvalue weighted by atomic mass is 9.69. The first-order valence-corrected chi connectivity index (χ1v) is 12.0. The number of carbonyl (C=O) groups is 1. The van der Waals surface area contributed by atoms with Gasteiger partial charge < -0.3 is 20.4 Å². The first-order valence-electron chi connectivity index (χ1n) is 12.0. The van der Waals surface area contributed by atoms with Crippen LogP contribution in [0.4, 0.5) is 74.6 Å². The van der Waals surface area contributed by atoms with E-state index >= 15 is 0 Å². The summed E-state index contributed by atoms with van der Waals surface area (Å²) in [6.07, 6.45) is -13.6. The molecule has 0 rings (SSSR count). The van der Waals surface area contributed by atoms with E-state index in [9.17, 15) is 84.5 Å². The van der Waals surface area contributed by atoms with Crippen molar-refractivity contribution >= 4 is 5.97 Å². The summed E-state index contributed by atoms with van der Waals surface area (Å²) in [5.41, 5.74) is -5.82. The molecule has 0 aromatic carbocycles. The summed E-state index contributed by atoms with van der Waals surface area (Å²) in [6, 6.07) is 0. The highest BCUT2D eigenvalue weighted by Gasteiger charge is 2.96. The Hall–Kier alpha value is -2.10. The lowest BCUT2D eigenvalue weighted by Crippen LogP contribution is -2.76. The number of aliphatic hydroxyl groups is 3. The Balaban J connectivity index is -0.00000195. The van der Waals surface area contributed by atoms with Crippen LogP contribution in [0.1, 0.15) is 54.9 Å². The number of carboxylic acids is 1. The van der Waals surface area contributed by atoms with Gasteiger partial charge in [0.2, 0.25) is 0 Å². The number of aliphatic hydroxyl groups excluding tert-OH is 3. The van der Waals surface area contributed by atoms with Crippen molar-refractivity contribution in [1.82, 2.24) is 0 Å². The van der Waals surface area contributed by atoms with Gasteiger partial charge in [-0.1, -0.05) is 13.0 Å². The second-order valence-corrected chi connectivity index (χ2v) is 9.91. The van der Waals surface area contributed by atoms with Crippen molar-refractivity contribution < 1.29 is 99.9 Å². The Labute approximate surface area is 244 Å². The van der Waals surface area contributed by atoms with Gasteiger partial charge >= 0.3 is 53.6 Å². The van der Waals surface area contributed by atoms with Crippen LogP contribution in [-0.2, 0) is 4.79 Å². The van der Waals surface area contributed by atoms with Gasteiger partial charge in [-0.3, -0.25) is 0 Å². The number of rotatable bonds is 11. The number of aliphatic carboxylic acids is 1. The Morgan fingerprint density at radius 2 is 0.778 bits per heavy atom. The smallest absolute Gasteiger partial charge is 0.460 e. The molecule has 272 valence electrons. The van der Waals surface area contributed by atoms with E-state index in [0.29, 0.717) is 13.8 Å². The van der Waals surface area contributed by atoms with E-state index in [-0.39, 0.29) is 19.1 Å². The summed E-state index contributed by atoms with van der Waals surface area (Å²) in [5.74, 6) is -60.3. The van der Waals surface area contributed by atoms with Crippen molar-refractivity contribution in [3.8, 4) is 0 Å². The molecule has 0 fully saturated rings. The molecular formula is C23H31F17O5. The fourth-order valence-corrected chi connectivity index (χ4v) is 3.00. The summed E-state index contributed by atoms with van der Waals surface area (Å²) in [6.45, 7) is 7.64. The molecule has 45 heavy (non-hydrogen) atoms. The summed E-state index contributed by atoms with van der Waals surface area (Å²) in [4.78, 5) is 10.9. The van der Waals surface area contributed by atoms with Crippen LogP contribution in [0.25, 0.3) is 0 Å². The van der Waals surface area contributed by atoms with E-state index in [2.05, 4.69) is 0 Å². The van der Waals surface area contributed by atoms with E-state index in [4.69, 9.17) is 15.3 Å². The SMILES string of the molecule is CC(C)O.CC(C)O.CCC(C=C(C)C(=O)O)(C(C)O)C(F)(F)C(F)(F)C(F)(F)C(F)(F)C(F)(F)C(F)(F)C(F)(F)C(F)(F)F. The average molecular weight is 710 g/mol. The fraction of sp³-hybridized carbons (Fsp3) is 0.870. The largest absolute Gasteiger partial charge is 0.478 e. The number of carboxylic acid groups (broad SMARTS) is 1. The van der Waals surface area contributed by atoms with Gasteiger partial charge in [-0.15, -0.1) is 0 Å². The zero-order valence-corrected chi connectivity index (χ0v) is 24.1. The highest BCUT2D eigenvalue weighted by Crippen LogP contribution is 2.66. The Kier molecular flexibility index (Phi) is 15.5. The monoisotopic (exact) mass is 710 g/mol. The van der Waals surface area contributed by atoms with E-state index < -0.39 is 83.2 Å². The highest BCUT2D eigenvalue weighted by atomic mass is 19.4. The minimum Gasteiger partial charge on any atom is -0.478 e. The zero-order chi connectivity index (χ0) is 37.8. The van der Waals surface area contributed by atoms with E-state index in [1.807, 2.05) is 0 Å². The van der Waals surface area contributed by atoms with Gasteiger partial charge in [0.15, 0.2) is 0 Å². The lowest BCUT2D eigenvalue weighted by Gasteiger charge is -2.48. The Morgan fingerprint density at radius 1 is 0.556 bits per heavy atom. The predicted octanol–water partition coefficient (Wildman–Crippen LogP) is 7.58. The molecule has 4 N–H and O–H groups in total. The van der Waals surface area contributed by atoms with Gasteiger partial charge in [0, 0.05) is 17.8 Å². The van der Waals surface area contributed by atoms with Crippen molar-refractivity contribution in [2.45, 2.75) is 121 Å². The summed E-state index contributed by atoms with van der Waals surface area (Å²) in [5, 5.41) is 34.4. The maximum absolute atomic E-state index is 14.8. The van der Waals surface area contributed by atoms with Gasteiger partial charge in [0.25, 0.3) is 0 Å².